The predicted molar refractivity (Wildman–Crippen MR) is 68.2 cm³/mol. The first-order chi connectivity index (χ1) is 7.34. The zero-order valence-electron chi connectivity index (χ0n) is 8.21. The summed E-state index contributed by atoms with van der Waals surface area (Å²) in [7, 11) is 3.50. The van der Waals surface area contributed by atoms with Gasteiger partial charge in [0.25, 0.3) is 0 Å². The summed E-state index contributed by atoms with van der Waals surface area (Å²) in [5, 5.41) is 9.06. The predicted octanol–water partition coefficient (Wildman–Crippen LogP) is 3.79. The lowest BCUT2D eigenvalue weighted by Gasteiger charge is -1.97. The van der Waals surface area contributed by atoms with Crippen LogP contribution in [0.5, 0.6) is 0 Å². The third kappa shape index (κ3) is 3.52. The average molecular weight is 254 g/mol. The molecule has 0 unspecified atom stereocenters. The molecule has 78 valence electrons. The molecule has 0 N–H and O–H groups in total. The summed E-state index contributed by atoms with van der Waals surface area (Å²) >= 11 is 1.64. The largest absolute Gasteiger partial charge is 0.184 e. The quantitative estimate of drug-likeness (QED) is 0.775. The maximum absolute atomic E-state index is 4.06. The van der Waals surface area contributed by atoms with Crippen molar-refractivity contribution in [3.63, 3.8) is 0 Å². The SMILES string of the molecule is Cc1nnc(SSCc2ccccc2)s1. The Bertz CT molecular complexity index is 414. The highest BCUT2D eigenvalue weighted by molar-refractivity contribution is 8.76. The Morgan fingerprint density at radius 2 is 2.00 bits per heavy atom. The molecule has 0 fully saturated rings. The Kier molecular flexibility index (Phi) is 4.05. The molecule has 0 radical (unpaired) electrons. The Morgan fingerprint density at radius 1 is 1.20 bits per heavy atom. The minimum Gasteiger partial charge on any atom is -0.143 e. The highest BCUT2D eigenvalue weighted by Gasteiger charge is 2.01. The van der Waals surface area contributed by atoms with Crippen molar-refractivity contribution in [3.05, 3.63) is 40.9 Å². The van der Waals surface area contributed by atoms with Crippen LogP contribution in [0.15, 0.2) is 34.7 Å². The van der Waals surface area contributed by atoms with E-state index in [9.17, 15) is 0 Å². The molecule has 0 aliphatic rings. The van der Waals surface area contributed by atoms with Gasteiger partial charge in [0.1, 0.15) is 5.01 Å². The lowest BCUT2D eigenvalue weighted by Crippen LogP contribution is -1.75. The van der Waals surface area contributed by atoms with Crippen LogP contribution in [0.1, 0.15) is 10.6 Å². The topological polar surface area (TPSA) is 25.8 Å². The van der Waals surface area contributed by atoms with Gasteiger partial charge in [-0.25, -0.2) is 0 Å². The number of hydrogen-bond acceptors (Lipinski definition) is 5. The van der Waals surface area contributed by atoms with E-state index in [0.29, 0.717) is 0 Å². The van der Waals surface area contributed by atoms with Crippen LogP contribution < -0.4 is 0 Å². The van der Waals surface area contributed by atoms with E-state index >= 15 is 0 Å². The highest BCUT2D eigenvalue weighted by atomic mass is 33.1. The zero-order valence-corrected chi connectivity index (χ0v) is 10.7. The third-order valence-electron chi connectivity index (χ3n) is 1.71. The number of benzene rings is 1. The molecule has 0 spiro atoms. The van der Waals surface area contributed by atoms with Gasteiger partial charge in [-0.1, -0.05) is 52.5 Å². The standard InChI is InChI=1S/C10H10N2S3/c1-8-11-12-10(14-8)15-13-7-9-5-3-2-4-6-9/h2-6H,7H2,1H3. The molecule has 0 saturated heterocycles. The summed E-state index contributed by atoms with van der Waals surface area (Å²) in [4.78, 5) is 0. The van der Waals surface area contributed by atoms with Crippen LogP contribution in [0, 0.1) is 6.92 Å². The molecule has 1 aromatic heterocycles. The van der Waals surface area contributed by atoms with Crippen molar-refractivity contribution in [1.29, 1.82) is 0 Å². The van der Waals surface area contributed by atoms with Gasteiger partial charge in [0.05, 0.1) is 0 Å². The maximum Gasteiger partial charge on any atom is 0.184 e. The van der Waals surface area contributed by atoms with E-state index in [4.69, 9.17) is 0 Å². The Morgan fingerprint density at radius 3 is 2.67 bits per heavy atom. The van der Waals surface area contributed by atoms with E-state index in [1.807, 2.05) is 13.0 Å². The van der Waals surface area contributed by atoms with Crippen LogP contribution >= 0.6 is 32.9 Å². The molecule has 0 saturated carbocycles. The van der Waals surface area contributed by atoms with Crippen LogP contribution in [0.3, 0.4) is 0 Å². The third-order valence-corrected chi connectivity index (χ3v) is 5.13. The Hall–Kier alpha value is -0.520. The van der Waals surface area contributed by atoms with Gasteiger partial charge in [-0.05, 0) is 23.3 Å². The van der Waals surface area contributed by atoms with Crippen molar-refractivity contribution in [2.24, 2.45) is 0 Å². The number of aryl methyl sites for hydroxylation is 1. The smallest absolute Gasteiger partial charge is 0.143 e. The number of rotatable bonds is 4. The van der Waals surface area contributed by atoms with Crippen molar-refractivity contribution in [2.75, 3.05) is 0 Å². The molecule has 1 aromatic carbocycles. The molecule has 2 aromatic rings. The average Bonchev–Trinajstić information content (AvgIpc) is 2.66. The fourth-order valence-electron chi connectivity index (χ4n) is 1.03. The molecule has 0 bridgehead atoms. The molecule has 0 aliphatic heterocycles. The van der Waals surface area contributed by atoms with Crippen molar-refractivity contribution in [1.82, 2.24) is 10.2 Å². The normalized spacial score (nSPS) is 10.5. The first-order valence-corrected chi connectivity index (χ1v) is 7.61. The fraction of sp³-hybridized carbons (Fsp3) is 0.200. The second kappa shape index (κ2) is 5.53. The monoisotopic (exact) mass is 254 g/mol. The maximum atomic E-state index is 4.06. The number of nitrogens with zero attached hydrogens (tertiary/aromatic N) is 2. The summed E-state index contributed by atoms with van der Waals surface area (Å²) in [5.74, 6) is 1.00. The summed E-state index contributed by atoms with van der Waals surface area (Å²) in [6.07, 6.45) is 0. The molecular formula is C10H10N2S3. The van der Waals surface area contributed by atoms with Crippen molar-refractivity contribution < 1.29 is 0 Å². The summed E-state index contributed by atoms with van der Waals surface area (Å²) in [6.45, 7) is 1.98. The van der Waals surface area contributed by atoms with Gasteiger partial charge in [-0.2, -0.15) is 0 Å². The number of hydrogen-bond donors (Lipinski definition) is 0. The molecule has 0 atom stereocenters. The molecule has 0 amide bonds. The van der Waals surface area contributed by atoms with Crippen LogP contribution in [-0.4, -0.2) is 10.2 Å². The van der Waals surface area contributed by atoms with E-state index in [1.54, 1.807) is 32.9 Å². The first-order valence-electron chi connectivity index (χ1n) is 4.48. The van der Waals surface area contributed by atoms with Gasteiger partial charge in [0, 0.05) is 5.75 Å². The molecule has 2 rings (SSSR count). The molecule has 0 aliphatic carbocycles. The molecule has 1 heterocycles. The summed E-state index contributed by atoms with van der Waals surface area (Å²) in [5.41, 5.74) is 1.34. The van der Waals surface area contributed by atoms with Crippen molar-refractivity contribution in [3.8, 4) is 0 Å². The molecule has 5 heteroatoms. The van der Waals surface area contributed by atoms with Crippen LogP contribution in [0.2, 0.25) is 0 Å². The second-order valence-electron chi connectivity index (χ2n) is 2.92. The number of aromatic nitrogens is 2. The van der Waals surface area contributed by atoms with Crippen molar-refractivity contribution >= 4 is 32.9 Å². The van der Waals surface area contributed by atoms with Gasteiger partial charge in [-0.3, -0.25) is 0 Å². The second-order valence-corrected chi connectivity index (χ2v) is 6.64. The van der Waals surface area contributed by atoms with Crippen LogP contribution in [0.25, 0.3) is 0 Å². The molecule has 15 heavy (non-hydrogen) atoms. The van der Waals surface area contributed by atoms with Gasteiger partial charge in [0.2, 0.25) is 0 Å². The summed E-state index contributed by atoms with van der Waals surface area (Å²) < 4.78 is 1.04. The van der Waals surface area contributed by atoms with Gasteiger partial charge in [0.15, 0.2) is 4.34 Å². The van der Waals surface area contributed by atoms with E-state index in [2.05, 4.69) is 34.5 Å². The van der Waals surface area contributed by atoms with Crippen molar-refractivity contribution in [2.45, 2.75) is 17.0 Å². The van der Waals surface area contributed by atoms with E-state index < -0.39 is 0 Å². The molecule has 2 nitrogen and oxygen atoms in total. The highest BCUT2D eigenvalue weighted by Crippen LogP contribution is 2.34. The van der Waals surface area contributed by atoms with E-state index in [0.717, 1.165) is 15.1 Å². The lowest BCUT2D eigenvalue weighted by atomic mass is 10.2. The first kappa shape index (κ1) is 11.0. The van der Waals surface area contributed by atoms with Gasteiger partial charge >= 0.3 is 0 Å². The van der Waals surface area contributed by atoms with E-state index in [-0.39, 0.29) is 0 Å². The summed E-state index contributed by atoms with van der Waals surface area (Å²) in [6, 6.07) is 10.4. The minimum atomic E-state index is 1.00. The Balaban J connectivity index is 1.80. The van der Waals surface area contributed by atoms with E-state index in [1.165, 1.54) is 5.56 Å². The lowest BCUT2D eigenvalue weighted by molar-refractivity contribution is 0.986. The Labute approximate surface area is 101 Å². The minimum absolute atomic E-state index is 1.00. The fourth-order valence-corrected chi connectivity index (χ4v) is 4.24. The molecular weight excluding hydrogens is 244 g/mol. The van der Waals surface area contributed by atoms with Gasteiger partial charge in [-0.15, -0.1) is 10.2 Å². The van der Waals surface area contributed by atoms with Crippen LogP contribution in [-0.2, 0) is 5.75 Å². The zero-order chi connectivity index (χ0) is 10.5. The van der Waals surface area contributed by atoms with Gasteiger partial charge < -0.3 is 0 Å². The van der Waals surface area contributed by atoms with Crippen LogP contribution in [0.4, 0.5) is 0 Å².